The minimum absolute atomic E-state index is 0.0963. The number of hydrogen-bond donors (Lipinski definition) is 0. The van der Waals surface area contributed by atoms with Crippen LogP contribution in [0, 0.1) is 5.82 Å². The number of carbonyl (C=O) groups excluding carboxylic acids is 2. The van der Waals surface area contributed by atoms with Crippen LogP contribution in [0.15, 0.2) is 71.8 Å². The molecule has 0 unspecified atom stereocenters. The highest BCUT2D eigenvalue weighted by molar-refractivity contribution is 8.18. The lowest BCUT2D eigenvalue weighted by molar-refractivity contribution is -0.123. The average molecular weight is 539 g/mol. The quantitative estimate of drug-likeness (QED) is 0.234. The van der Waals surface area contributed by atoms with E-state index >= 15 is 0 Å². The summed E-state index contributed by atoms with van der Waals surface area (Å²) in [7, 11) is 0. The van der Waals surface area contributed by atoms with Crippen molar-refractivity contribution in [2.75, 3.05) is 0 Å². The fraction of sp³-hybridized carbons (Fsp3) is 0.143. The molecule has 0 bridgehead atoms. The van der Waals surface area contributed by atoms with Crippen LogP contribution in [0.3, 0.4) is 0 Å². The molecule has 0 radical (unpaired) electrons. The summed E-state index contributed by atoms with van der Waals surface area (Å²) in [4.78, 5) is 27.3. The number of amides is 2. The molecule has 2 heterocycles. The summed E-state index contributed by atoms with van der Waals surface area (Å²) in [6, 6.07) is 17.3. The fourth-order valence-corrected chi connectivity index (χ4v) is 5.67. The molecule has 182 valence electrons. The van der Waals surface area contributed by atoms with Gasteiger partial charge in [0.05, 0.1) is 17.0 Å². The van der Waals surface area contributed by atoms with E-state index in [0.29, 0.717) is 27.1 Å². The molecule has 5 rings (SSSR count). The van der Waals surface area contributed by atoms with Gasteiger partial charge in [0, 0.05) is 33.7 Å². The Kier molecular flexibility index (Phi) is 6.93. The summed E-state index contributed by atoms with van der Waals surface area (Å²) in [6.07, 6.45) is 4.60. The van der Waals surface area contributed by atoms with Crippen molar-refractivity contribution in [3.63, 3.8) is 0 Å². The third-order valence-electron chi connectivity index (χ3n) is 6.16. The highest BCUT2D eigenvalue weighted by Gasteiger charge is 2.35. The van der Waals surface area contributed by atoms with Gasteiger partial charge in [-0.1, -0.05) is 66.5 Å². The molecular formula is C28H21Cl2FN2O2S. The molecule has 1 saturated heterocycles. The SMILES string of the molecule is CCc1cccc2c(/C=C3\SC(=O)N(Cc4ccc(F)cc4)C3=O)cn(Cc3ccc(Cl)cc3Cl)c12. The topological polar surface area (TPSA) is 42.3 Å². The van der Waals surface area contributed by atoms with Crippen LogP contribution in [0.5, 0.6) is 0 Å². The standard InChI is InChI=1S/C28H21Cl2FN2O2S/c1-2-18-4-3-5-23-20(16-32(26(18)23)15-19-8-9-21(29)13-24(19)30)12-25-27(34)33(28(35)36-25)14-17-6-10-22(31)11-7-17/h3-13,16H,2,14-15H2,1H3/b25-12-. The molecule has 2 amide bonds. The third-order valence-corrected chi connectivity index (χ3v) is 7.66. The molecule has 1 aliphatic heterocycles. The number of imide groups is 1. The molecule has 8 heteroatoms. The zero-order valence-corrected chi connectivity index (χ0v) is 21.6. The molecule has 3 aromatic carbocycles. The Bertz CT molecular complexity index is 1530. The number of aryl methyl sites for hydroxylation is 1. The summed E-state index contributed by atoms with van der Waals surface area (Å²) in [5.74, 6) is -0.724. The monoisotopic (exact) mass is 538 g/mol. The summed E-state index contributed by atoms with van der Waals surface area (Å²) in [5.41, 5.74) is 4.68. The first-order chi connectivity index (χ1) is 17.3. The van der Waals surface area contributed by atoms with E-state index in [1.54, 1.807) is 24.3 Å². The first kappa shape index (κ1) is 24.6. The van der Waals surface area contributed by atoms with Crippen LogP contribution in [0.1, 0.15) is 29.2 Å². The van der Waals surface area contributed by atoms with Crippen molar-refractivity contribution < 1.29 is 14.0 Å². The lowest BCUT2D eigenvalue weighted by Crippen LogP contribution is -2.27. The highest BCUT2D eigenvalue weighted by Crippen LogP contribution is 2.36. The molecule has 0 N–H and O–H groups in total. The zero-order valence-electron chi connectivity index (χ0n) is 19.3. The predicted octanol–water partition coefficient (Wildman–Crippen LogP) is 7.93. The van der Waals surface area contributed by atoms with Crippen LogP contribution in [0.4, 0.5) is 9.18 Å². The van der Waals surface area contributed by atoms with Crippen molar-refractivity contribution in [1.29, 1.82) is 0 Å². The van der Waals surface area contributed by atoms with Gasteiger partial charge in [-0.25, -0.2) is 4.39 Å². The molecule has 36 heavy (non-hydrogen) atoms. The van der Waals surface area contributed by atoms with E-state index in [2.05, 4.69) is 17.6 Å². The second-order valence-corrected chi connectivity index (χ2v) is 10.3. The van der Waals surface area contributed by atoms with Crippen molar-refractivity contribution in [3.05, 3.63) is 110 Å². The molecule has 1 aromatic heterocycles. The van der Waals surface area contributed by atoms with Gasteiger partial charge in [0.15, 0.2) is 0 Å². The first-order valence-electron chi connectivity index (χ1n) is 11.4. The molecule has 0 atom stereocenters. The number of aromatic nitrogens is 1. The zero-order chi connectivity index (χ0) is 25.4. The van der Waals surface area contributed by atoms with E-state index in [1.807, 2.05) is 30.5 Å². The van der Waals surface area contributed by atoms with E-state index in [4.69, 9.17) is 23.2 Å². The largest absolute Gasteiger partial charge is 0.342 e. The molecule has 4 aromatic rings. The first-order valence-corrected chi connectivity index (χ1v) is 13.0. The van der Waals surface area contributed by atoms with Gasteiger partial charge in [-0.3, -0.25) is 14.5 Å². The Morgan fingerprint density at radius 3 is 2.47 bits per heavy atom. The molecular weight excluding hydrogens is 518 g/mol. The number of fused-ring (bicyclic) bond motifs is 1. The van der Waals surface area contributed by atoms with Gasteiger partial charge in [-0.15, -0.1) is 0 Å². The molecule has 1 aliphatic rings. The van der Waals surface area contributed by atoms with E-state index in [9.17, 15) is 14.0 Å². The van der Waals surface area contributed by atoms with Crippen molar-refractivity contribution in [3.8, 4) is 0 Å². The summed E-state index contributed by atoms with van der Waals surface area (Å²) < 4.78 is 15.4. The van der Waals surface area contributed by atoms with Crippen LogP contribution >= 0.6 is 35.0 Å². The second-order valence-electron chi connectivity index (χ2n) is 8.51. The van der Waals surface area contributed by atoms with Crippen LogP contribution in [-0.4, -0.2) is 20.6 Å². The molecule has 1 fully saturated rings. The van der Waals surface area contributed by atoms with Gasteiger partial charge < -0.3 is 4.57 Å². The van der Waals surface area contributed by atoms with Gasteiger partial charge in [-0.2, -0.15) is 0 Å². The maximum Gasteiger partial charge on any atom is 0.293 e. The number of nitrogens with zero attached hydrogens (tertiary/aromatic N) is 2. The van der Waals surface area contributed by atoms with E-state index in [-0.39, 0.29) is 23.5 Å². The predicted molar refractivity (Wildman–Crippen MR) is 145 cm³/mol. The van der Waals surface area contributed by atoms with Gasteiger partial charge in [0.2, 0.25) is 0 Å². The van der Waals surface area contributed by atoms with Crippen LogP contribution in [0.2, 0.25) is 10.0 Å². The second kappa shape index (κ2) is 10.1. The summed E-state index contributed by atoms with van der Waals surface area (Å²) in [5, 5.41) is 1.81. The maximum atomic E-state index is 13.2. The molecule has 0 spiro atoms. The van der Waals surface area contributed by atoms with Gasteiger partial charge in [-0.05, 0) is 65.2 Å². The molecule has 0 saturated carbocycles. The van der Waals surface area contributed by atoms with Crippen LogP contribution < -0.4 is 0 Å². The van der Waals surface area contributed by atoms with Crippen LogP contribution in [-0.2, 0) is 24.3 Å². The number of benzene rings is 3. The third kappa shape index (κ3) is 4.81. The van der Waals surface area contributed by atoms with Crippen molar-refractivity contribution in [2.45, 2.75) is 26.4 Å². The summed E-state index contributed by atoms with van der Waals surface area (Å²) in [6.45, 7) is 2.73. The van der Waals surface area contributed by atoms with E-state index in [1.165, 1.54) is 22.6 Å². The van der Waals surface area contributed by atoms with Gasteiger partial charge in [0.1, 0.15) is 5.82 Å². The molecule has 0 aliphatic carbocycles. The minimum Gasteiger partial charge on any atom is -0.342 e. The normalized spacial score (nSPS) is 15.0. The van der Waals surface area contributed by atoms with Crippen molar-refractivity contribution >= 4 is 63.1 Å². The fourth-order valence-electron chi connectivity index (χ4n) is 4.37. The minimum atomic E-state index is -0.365. The lowest BCUT2D eigenvalue weighted by Gasteiger charge is -2.12. The maximum absolute atomic E-state index is 13.2. The highest BCUT2D eigenvalue weighted by atomic mass is 35.5. The average Bonchev–Trinajstić information content (AvgIpc) is 3.34. The Hall–Kier alpha value is -3.06. The number of halogens is 3. The van der Waals surface area contributed by atoms with E-state index in [0.717, 1.165) is 40.2 Å². The van der Waals surface area contributed by atoms with Gasteiger partial charge in [0.25, 0.3) is 11.1 Å². The Morgan fingerprint density at radius 1 is 0.972 bits per heavy atom. The summed E-state index contributed by atoms with van der Waals surface area (Å²) >= 11 is 13.4. The van der Waals surface area contributed by atoms with E-state index < -0.39 is 0 Å². The number of para-hydroxylation sites is 1. The number of rotatable bonds is 6. The number of hydrogen-bond acceptors (Lipinski definition) is 3. The smallest absolute Gasteiger partial charge is 0.293 e. The Balaban J connectivity index is 1.51. The Labute approximate surface area is 222 Å². The Morgan fingerprint density at radius 2 is 1.75 bits per heavy atom. The van der Waals surface area contributed by atoms with Gasteiger partial charge >= 0.3 is 0 Å². The number of thioether (sulfide) groups is 1. The van der Waals surface area contributed by atoms with Crippen LogP contribution in [0.25, 0.3) is 17.0 Å². The van der Waals surface area contributed by atoms with Crippen molar-refractivity contribution in [1.82, 2.24) is 9.47 Å². The molecule has 4 nitrogen and oxygen atoms in total. The van der Waals surface area contributed by atoms with Crippen molar-refractivity contribution in [2.24, 2.45) is 0 Å². The lowest BCUT2D eigenvalue weighted by atomic mass is 10.1. The number of carbonyl (C=O) groups is 2.